The van der Waals surface area contributed by atoms with E-state index in [-0.39, 0.29) is 10.8 Å². The molecule has 0 spiro atoms. The second-order valence-electron chi connectivity index (χ2n) is 17.5. The van der Waals surface area contributed by atoms with Crippen LogP contribution in [0.4, 0.5) is 0 Å². The Labute approximate surface area is 344 Å². The fourth-order valence-corrected chi connectivity index (χ4v) is 9.54. The summed E-state index contributed by atoms with van der Waals surface area (Å²) < 4.78 is 4.83. The fourth-order valence-electron chi connectivity index (χ4n) is 8.39. The van der Waals surface area contributed by atoms with Crippen LogP contribution < -0.4 is 0 Å². The lowest BCUT2D eigenvalue weighted by Crippen LogP contribution is -2.10. The van der Waals surface area contributed by atoms with Gasteiger partial charge in [-0.05, 0) is 75.5 Å². The lowest BCUT2D eigenvalue weighted by atomic mass is 9.85. The third-order valence-electron chi connectivity index (χ3n) is 11.5. The lowest BCUT2D eigenvalue weighted by molar-refractivity contribution is 0.590. The second kappa shape index (κ2) is 13.6. The largest absolute Gasteiger partial charge is 0.308 e. The third kappa shape index (κ3) is 6.11. The summed E-state index contributed by atoms with van der Waals surface area (Å²) in [6.45, 7) is 13.8. The van der Waals surface area contributed by atoms with E-state index < -0.39 is 0 Å². The average Bonchev–Trinajstić information content (AvgIpc) is 3.78. The fraction of sp³-hybridized carbons (Fsp3) is 0.148. The zero-order chi connectivity index (χ0) is 39.8. The molecule has 3 nitrogen and oxygen atoms in total. The molecule has 3 aromatic heterocycles. The molecule has 0 N–H and O–H groups in total. The van der Waals surface area contributed by atoms with Gasteiger partial charge < -0.3 is 4.57 Å². The molecule has 0 unspecified atom stereocenters. The molecule has 282 valence electrons. The van der Waals surface area contributed by atoms with E-state index >= 15 is 0 Å². The molecule has 58 heavy (non-hydrogen) atoms. The molecule has 10 rings (SSSR count). The van der Waals surface area contributed by atoms with Gasteiger partial charge in [-0.1, -0.05) is 163 Å². The summed E-state index contributed by atoms with van der Waals surface area (Å²) in [7, 11) is 0. The van der Waals surface area contributed by atoms with Crippen LogP contribution in [-0.4, -0.2) is 14.5 Å². The molecule has 10 aromatic rings. The predicted molar refractivity (Wildman–Crippen MR) is 248 cm³/mol. The van der Waals surface area contributed by atoms with Crippen LogP contribution in [0.3, 0.4) is 0 Å². The first-order chi connectivity index (χ1) is 28.0. The first-order valence-electron chi connectivity index (χ1n) is 20.2. The van der Waals surface area contributed by atoms with Gasteiger partial charge in [0.2, 0.25) is 0 Å². The minimum atomic E-state index is 0.00434. The Morgan fingerprint density at radius 1 is 0.448 bits per heavy atom. The topological polar surface area (TPSA) is 30.7 Å². The molecule has 0 aliphatic carbocycles. The molecular formula is C54H45N3S. The highest BCUT2D eigenvalue weighted by molar-refractivity contribution is 7.26. The SMILES string of the molecule is CC(C)(C)c1ccc2c(c1)c1cc(C(C)(C)C)ccc1n2-c1c(-c2ccccc2)cc(-c2nc(-c3ccccc3)nc3c2sc2ccccc23)cc1-c1ccccc1. The van der Waals surface area contributed by atoms with Crippen molar-refractivity contribution in [3.63, 3.8) is 0 Å². The van der Waals surface area contributed by atoms with Gasteiger partial charge in [-0.25, -0.2) is 9.97 Å². The molecule has 4 heteroatoms. The summed E-state index contributed by atoms with van der Waals surface area (Å²) in [5, 5.41) is 3.69. The van der Waals surface area contributed by atoms with E-state index in [1.165, 1.54) is 37.6 Å². The zero-order valence-electron chi connectivity index (χ0n) is 33.8. The number of hydrogen-bond donors (Lipinski definition) is 0. The second-order valence-corrected chi connectivity index (χ2v) is 18.5. The normalized spacial score (nSPS) is 12.3. The van der Waals surface area contributed by atoms with Crippen LogP contribution in [0.1, 0.15) is 52.7 Å². The van der Waals surface area contributed by atoms with Gasteiger partial charge in [0.1, 0.15) is 0 Å². The van der Waals surface area contributed by atoms with E-state index in [4.69, 9.17) is 9.97 Å². The Morgan fingerprint density at radius 2 is 0.931 bits per heavy atom. The van der Waals surface area contributed by atoms with Crippen LogP contribution in [0, 0.1) is 0 Å². The maximum atomic E-state index is 5.46. The van der Waals surface area contributed by atoms with Crippen molar-refractivity contribution >= 4 is 53.4 Å². The van der Waals surface area contributed by atoms with Crippen molar-refractivity contribution in [2.24, 2.45) is 0 Å². The number of fused-ring (bicyclic) bond motifs is 6. The van der Waals surface area contributed by atoms with Gasteiger partial charge in [0.15, 0.2) is 5.82 Å². The van der Waals surface area contributed by atoms with Gasteiger partial charge in [-0.2, -0.15) is 0 Å². The first kappa shape index (κ1) is 36.0. The maximum absolute atomic E-state index is 5.46. The van der Waals surface area contributed by atoms with Crippen LogP contribution in [0.15, 0.2) is 164 Å². The molecule has 0 saturated heterocycles. The number of nitrogens with zero attached hydrogens (tertiary/aromatic N) is 3. The Hall–Kier alpha value is -6.36. The Morgan fingerprint density at radius 3 is 1.45 bits per heavy atom. The van der Waals surface area contributed by atoms with Gasteiger partial charge in [0.25, 0.3) is 0 Å². The molecule has 0 fully saturated rings. The lowest BCUT2D eigenvalue weighted by Gasteiger charge is -2.22. The van der Waals surface area contributed by atoms with Crippen LogP contribution in [-0.2, 0) is 10.8 Å². The third-order valence-corrected chi connectivity index (χ3v) is 12.7. The molecular weight excluding hydrogens is 723 g/mol. The monoisotopic (exact) mass is 767 g/mol. The summed E-state index contributed by atoms with van der Waals surface area (Å²) in [6, 6.07) is 59.7. The highest BCUT2D eigenvalue weighted by Crippen LogP contribution is 2.47. The van der Waals surface area contributed by atoms with E-state index in [0.717, 1.165) is 66.2 Å². The van der Waals surface area contributed by atoms with E-state index in [0.29, 0.717) is 0 Å². The van der Waals surface area contributed by atoms with Gasteiger partial charge >= 0.3 is 0 Å². The minimum absolute atomic E-state index is 0.00434. The molecule has 7 aromatic carbocycles. The molecule has 0 saturated carbocycles. The summed E-state index contributed by atoms with van der Waals surface area (Å²) in [5.74, 6) is 0.727. The number of aromatic nitrogens is 3. The summed E-state index contributed by atoms with van der Waals surface area (Å²) in [4.78, 5) is 10.7. The van der Waals surface area contributed by atoms with Crippen LogP contribution in [0.5, 0.6) is 0 Å². The highest BCUT2D eigenvalue weighted by Gasteiger charge is 2.26. The van der Waals surface area contributed by atoms with E-state index in [1.54, 1.807) is 11.3 Å². The number of benzene rings is 7. The Bertz CT molecular complexity index is 3030. The van der Waals surface area contributed by atoms with Crippen LogP contribution >= 0.6 is 11.3 Å². The van der Waals surface area contributed by atoms with Crippen molar-refractivity contribution in [2.45, 2.75) is 52.4 Å². The quantitative estimate of drug-likeness (QED) is 0.175. The van der Waals surface area contributed by atoms with Gasteiger partial charge in [0, 0.05) is 43.1 Å². The summed E-state index contributed by atoms with van der Waals surface area (Å²) >= 11 is 1.77. The first-order valence-corrected chi connectivity index (χ1v) is 21.0. The molecule has 0 aliphatic heterocycles. The standard InChI is InChI=1S/C54H45N3S/c1-53(2,3)38-26-28-45-43(32-38)44-33-39(54(4,5)6)27-29-46(44)57(45)50-41(34-18-10-7-11-19-34)30-37(31-42(50)35-20-12-8-13-21-35)48-51-49(40-24-16-17-25-47(40)58-51)56-52(55-48)36-22-14-9-15-23-36/h7-33H,1-6H3. The van der Waals surface area contributed by atoms with Crippen LogP contribution in [0.2, 0.25) is 0 Å². The van der Waals surface area contributed by atoms with Crippen LogP contribution in [0.25, 0.3) is 92.7 Å². The average molecular weight is 768 g/mol. The zero-order valence-corrected chi connectivity index (χ0v) is 34.7. The smallest absolute Gasteiger partial charge is 0.160 e. The van der Waals surface area contributed by atoms with E-state index in [9.17, 15) is 0 Å². The highest BCUT2D eigenvalue weighted by atomic mass is 32.1. The van der Waals surface area contributed by atoms with E-state index in [1.807, 2.05) is 6.07 Å². The van der Waals surface area contributed by atoms with Crippen molar-refractivity contribution in [3.05, 3.63) is 175 Å². The molecule has 0 amide bonds. The summed E-state index contributed by atoms with van der Waals surface area (Å²) in [5.41, 5.74) is 14.8. The maximum Gasteiger partial charge on any atom is 0.160 e. The molecule has 3 heterocycles. The molecule has 0 atom stereocenters. The number of hydrogen-bond acceptors (Lipinski definition) is 3. The number of thiophene rings is 1. The van der Waals surface area contributed by atoms with Crippen molar-refractivity contribution in [3.8, 4) is 50.6 Å². The summed E-state index contributed by atoms with van der Waals surface area (Å²) in [6.07, 6.45) is 0. The van der Waals surface area contributed by atoms with Crippen molar-refractivity contribution in [1.29, 1.82) is 0 Å². The Balaban J connectivity index is 1.36. The van der Waals surface area contributed by atoms with Crippen molar-refractivity contribution in [1.82, 2.24) is 14.5 Å². The predicted octanol–water partition coefficient (Wildman–Crippen LogP) is 15.2. The Kier molecular flexibility index (Phi) is 8.47. The van der Waals surface area contributed by atoms with Gasteiger partial charge in [-0.15, -0.1) is 11.3 Å². The van der Waals surface area contributed by atoms with Gasteiger partial charge in [0.05, 0.1) is 32.6 Å². The van der Waals surface area contributed by atoms with E-state index in [2.05, 4.69) is 204 Å². The van der Waals surface area contributed by atoms with Crippen molar-refractivity contribution < 1.29 is 0 Å². The minimum Gasteiger partial charge on any atom is -0.308 e. The molecule has 0 bridgehead atoms. The van der Waals surface area contributed by atoms with Crippen molar-refractivity contribution in [2.75, 3.05) is 0 Å². The van der Waals surface area contributed by atoms with Gasteiger partial charge in [-0.3, -0.25) is 0 Å². The molecule has 0 radical (unpaired) electrons. The molecule has 0 aliphatic rings. The number of rotatable bonds is 5.